The van der Waals surface area contributed by atoms with Crippen LogP contribution in [0.4, 0.5) is 11.8 Å². The third-order valence-corrected chi connectivity index (χ3v) is 7.62. The summed E-state index contributed by atoms with van der Waals surface area (Å²) < 4.78 is 2.08. The van der Waals surface area contributed by atoms with Gasteiger partial charge in [-0.2, -0.15) is 4.98 Å². The first-order chi connectivity index (χ1) is 18.9. The van der Waals surface area contributed by atoms with Gasteiger partial charge < -0.3 is 25.1 Å². The standard InChI is InChI=1S/C28H37N9O2/c1-34(2)27(39)23-17-21-19-31-28(33-25(21)37(23)22-7-3-4-8-22)32-24-10-9-20(18-30-24)26(38)36-15-13-35(14-16-36)12-6-5-11-29/h9-11,17-19,22,29H,3-8,12-16H2,1-2H3,(H,30,31,32,33). The lowest BCUT2D eigenvalue weighted by Gasteiger charge is -2.34. The number of amides is 2. The second-order valence-electron chi connectivity index (χ2n) is 10.5. The summed E-state index contributed by atoms with van der Waals surface area (Å²) in [6.45, 7) is 4.04. The predicted octanol–water partition coefficient (Wildman–Crippen LogP) is 3.57. The Morgan fingerprint density at radius 2 is 1.87 bits per heavy atom. The first-order valence-corrected chi connectivity index (χ1v) is 13.8. The van der Waals surface area contributed by atoms with Crippen molar-refractivity contribution in [2.75, 3.05) is 52.1 Å². The van der Waals surface area contributed by atoms with Crippen molar-refractivity contribution in [3.63, 3.8) is 0 Å². The molecule has 1 aliphatic heterocycles. The molecule has 3 aromatic rings. The zero-order valence-corrected chi connectivity index (χ0v) is 22.8. The summed E-state index contributed by atoms with van der Waals surface area (Å²) >= 11 is 0. The van der Waals surface area contributed by atoms with Gasteiger partial charge in [-0.25, -0.2) is 9.97 Å². The van der Waals surface area contributed by atoms with Crippen molar-refractivity contribution in [1.29, 1.82) is 5.41 Å². The molecule has 0 spiro atoms. The first-order valence-electron chi connectivity index (χ1n) is 13.8. The molecule has 11 nitrogen and oxygen atoms in total. The molecule has 0 atom stereocenters. The van der Waals surface area contributed by atoms with E-state index in [1.807, 2.05) is 11.0 Å². The first kappa shape index (κ1) is 26.7. The van der Waals surface area contributed by atoms with Crippen molar-refractivity contribution in [2.24, 2.45) is 0 Å². The topological polar surface area (TPSA) is 123 Å². The summed E-state index contributed by atoms with van der Waals surface area (Å²) in [6.07, 6.45) is 10.9. The van der Waals surface area contributed by atoms with E-state index >= 15 is 0 Å². The van der Waals surface area contributed by atoms with Crippen molar-refractivity contribution in [3.8, 4) is 0 Å². The molecule has 2 amide bonds. The zero-order valence-electron chi connectivity index (χ0n) is 22.8. The van der Waals surface area contributed by atoms with Gasteiger partial charge in [-0.15, -0.1) is 0 Å². The van der Waals surface area contributed by atoms with Gasteiger partial charge >= 0.3 is 0 Å². The Kier molecular flexibility index (Phi) is 8.16. The van der Waals surface area contributed by atoms with Gasteiger partial charge in [0.15, 0.2) is 0 Å². The Morgan fingerprint density at radius 3 is 2.54 bits per heavy atom. The molecule has 1 aliphatic carbocycles. The van der Waals surface area contributed by atoms with Crippen LogP contribution >= 0.6 is 0 Å². The number of hydrogen-bond donors (Lipinski definition) is 2. The number of pyridine rings is 1. The molecule has 2 fully saturated rings. The van der Waals surface area contributed by atoms with E-state index in [1.165, 1.54) is 6.21 Å². The molecule has 1 saturated carbocycles. The summed E-state index contributed by atoms with van der Waals surface area (Å²) in [5, 5.41) is 11.2. The van der Waals surface area contributed by atoms with E-state index in [0.29, 0.717) is 36.1 Å². The normalized spacial score (nSPS) is 16.5. The number of nitrogens with zero attached hydrogens (tertiary/aromatic N) is 7. The zero-order chi connectivity index (χ0) is 27.4. The van der Waals surface area contributed by atoms with Crippen molar-refractivity contribution >= 4 is 40.8 Å². The van der Waals surface area contributed by atoms with Crippen LogP contribution in [0, 0.1) is 5.41 Å². The van der Waals surface area contributed by atoms with Crippen LogP contribution < -0.4 is 5.32 Å². The number of hydrogen-bond acceptors (Lipinski definition) is 8. The number of unbranched alkanes of at least 4 members (excludes halogenated alkanes) is 1. The highest BCUT2D eigenvalue weighted by molar-refractivity contribution is 5.98. The van der Waals surface area contributed by atoms with Crippen LogP contribution in [-0.4, -0.2) is 99.1 Å². The lowest BCUT2D eigenvalue weighted by molar-refractivity contribution is 0.0636. The summed E-state index contributed by atoms with van der Waals surface area (Å²) in [5.74, 6) is 0.888. The number of rotatable bonds is 9. The number of aromatic nitrogens is 4. The molecule has 0 bridgehead atoms. The molecule has 0 radical (unpaired) electrons. The van der Waals surface area contributed by atoms with Gasteiger partial charge in [0.2, 0.25) is 5.95 Å². The molecular weight excluding hydrogens is 494 g/mol. The number of fused-ring (bicyclic) bond motifs is 1. The Morgan fingerprint density at radius 1 is 1.10 bits per heavy atom. The summed E-state index contributed by atoms with van der Waals surface area (Å²) in [6, 6.07) is 5.68. The van der Waals surface area contributed by atoms with E-state index in [0.717, 1.165) is 69.2 Å². The SMILES string of the molecule is CN(C)C(=O)c1cc2cnc(Nc3ccc(C(=O)N4CCN(CCCC=N)CC4)cn3)nc2n1C1CCCC1. The quantitative estimate of drug-likeness (QED) is 0.320. The summed E-state index contributed by atoms with van der Waals surface area (Å²) in [5.41, 5.74) is 1.94. The fourth-order valence-electron chi connectivity index (χ4n) is 5.48. The average Bonchev–Trinajstić information content (AvgIpc) is 3.61. The van der Waals surface area contributed by atoms with Crippen LogP contribution in [0.3, 0.4) is 0 Å². The molecule has 4 heterocycles. The van der Waals surface area contributed by atoms with Crippen LogP contribution in [0.1, 0.15) is 65.4 Å². The molecule has 0 unspecified atom stereocenters. The van der Waals surface area contributed by atoms with E-state index in [9.17, 15) is 9.59 Å². The van der Waals surface area contributed by atoms with Crippen LogP contribution in [0.15, 0.2) is 30.6 Å². The van der Waals surface area contributed by atoms with Gasteiger partial charge in [-0.3, -0.25) is 14.5 Å². The number of carbonyl (C=O) groups excluding carboxylic acids is 2. The fourth-order valence-corrected chi connectivity index (χ4v) is 5.48. The molecular formula is C28H37N9O2. The number of nitrogens with one attached hydrogen (secondary N) is 2. The maximum atomic E-state index is 13.0. The highest BCUT2D eigenvalue weighted by Crippen LogP contribution is 2.35. The van der Waals surface area contributed by atoms with Crippen molar-refractivity contribution < 1.29 is 9.59 Å². The smallest absolute Gasteiger partial charge is 0.270 e. The van der Waals surface area contributed by atoms with Gasteiger partial charge in [0.1, 0.15) is 17.2 Å². The Labute approximate surface area is 228 Å². The highest BCUT2D eigenvalue weighted by Gasteiger charge is 2.27. The van der Waals surface area contributed by atoms with Crippen molar-refractivity contribution in [3.05, 3.63) is 41.9 Å². The largest absolute Gasteiger partial charge is 0.343 e. The Balaban J connectivity index is 1.27. The van der Waals surface area contributed by atoms with Crippen molar-refractivity contribution in [2.45, 2.75) is 44.6 Å². The van der Waals surface area contributed by atoms with Crippen molar-refractivity contribution in [1.82, 2.24) is 34.2 Å². The molecule has 3 aromatic heterocycles. The maximum Gasteiger partial charge on any atom is 0.270 e. The van der Waals surface area contributed by atoms with Gasteiger partial charge in [-0.05, 0) is 56.6 Å². The van der Waals surface area contributed by atoms with E-state index in [1.54, 1.807) is 43.5 Å². The van der Waals surface area contributed by atoms with E-state index < -0.39 is 0 Å². The third-order valence-electron chi connectivity index (χ3n) is 7.62. The maximum absolute atomic E-state index is 13.0. The number of carbonyl (C=O) groups is 2. The second kappa shape index (κ2) is 11.9. The van der Waals surface area contributed by atoms with Gasteiger partial charge in [0.25, 0.3) is 11.8 Å². The predicted molar refractivity (Wildman–Crippen MR) is 151 cm³/mol. The lowest BCUT2D eigenvalue weighted by atomic mass is 10.2. The van der Waals surface area contributed by atoms with E-state index in [4.69, 9.17) is 10.4 Å². The molecule has 206 valence electrons. The Bertz CT molecular complexity index is 1320. The minimum absolute atomic E-state index is 0.0154. The van der Waals surface area contributed by atoms with Crippen LogP contribution in [0.5, 0.6) is 0 Å². The third kappa shape index (κ3) is 5.93. The number of anilines is 2. The van der Waals surface area contributed by atoms with E-state index in [-0.39, 0.29) is 17.9 Å². The van der Waals surface area contributed by atoms with Crippen LogP contribution in [0.2, 0.25) is 0 Å². The van der Waals surface area contributed by atoms with Gasteiger partial charge in [0, 0.05) is 64.1 Å². The fraction of sp³-hybridized carbons (Fsp3) is 0.500. The summed E-state index contributed by atoms with van der Waals surface area (Å²) in [7, 11) is 3.53. The van der Waals surface area contributed by atoms with Crippen LogP contribution in [0.25, 0.3) is 11.0 Å². The average molecular weight is 532 g/mol. The highest BCUT2D eigenvalue weighted by atomic mass is 16.2. The lowest BCUT2D eigenvalue weighted by Crippen LogP contribution is -2.48. The molecule has 1 saturated heterocycles. The number of piperazine rings is 1. The van der Waals surface area contributed by atoms with Crippen LogP contribution in [-0.2, 0) is 0 Å². The molecule has 0 aromatic carbocycles. The Hall–Kier alpha value is -3.86. The molecule has 5 rings (SSSR count). The monoisotopic (exact) mass is 531 g/mol. The minimum atomic E-state index is -0.0412. The molecule has 39 heavy (non-hydrogen) atoms. The van der Waals surface area contributed by atoms with Gasteiger partial charge in [-0.1, -0.05) is 12.8 Å². The van der Waals surface area contributed by atoms with Gasteiger partial charge in [0.05, 0.1) is 5.56 Å². The van der Waals surface area contributed by atoms with E-state index in [2.05, 4.69) is 24.8 Å². The molecule has 2 aliphatic rings. The second-order valence-corrected chi connectivity index (χ2v) is 10.5. The molecule has 2 N–H and O–H groups in total. The molecule has 11 heteroatoms. The minimum Gasteiger partial charge on any atom is -0.343 e. The summed E-state index contributed by atoms with van der Waals surface area (Å²) in [4.78, 5) is 45.4.